The second-order valence-corrected chi connectivity index (χ2v) is 7.33. The van der Waals surface area contributed by atoms with E-state index < -0.39 is 0 Å². The maximum atomic E-state index is 6.01. The summed E-state index contributed by atoms with van der Waals surface area (Å²) in [6.07, 6.45) is 3.14. The molecule has 0 saturated carbocycles. The Hall–Kier alpha value is -3.23. The fourth-order valence-corrected chi connectivity index (χ4v) is 3.42. The predicted molar refractivity (Wildman–Crippen MR) is 116 cm³/mol. The van der Waals surface area contributed by atoms with Crippen LogP contribution in [0.15, 0.2) is 71.7 Å². The van der Waals surface area contributed by atoms with Crippen LogP contribution in [0, 0.1) is 0 Å². The highest BCUT2D eigenvalue weighted by Gasteiger charge is 2.08. The highest BCUT2D eigenvalue weighted by atomic mass is 35.5. The van der Waals surface area contributed by atoms with Crippen molar-refractivity contribution in [3.63, 3.8) is 0 Å². The summed E-state index contributed by atoms with van der Waals surface area (Å²) in [5.74, 6) is 0.813. The second-order valence-electron chi connectivity index (χ2n) is 6.04. The quantitative estimate of drug-likeness (QED) is 0.347. The van der Waals surface area contributed by atoms with Crippen molar-refractivity contribution in [1.29, 1.82) is 0 Å². The zero-order valence-electron chi connectivity index (χ0n) is 15.5. The average Bonchev–Trinajstić information content (AvgIpc) is 3.44. The van der Waals surface area contributed by atoms with Gasteiger partial charge in [-0.05, 0) is 42.0 Å². The van der Waals surface area contributed by atoms with Gasteiger partial charge in [-0.2, -0.15) is 10.2 Å². The van der Waals surface area contributed by atoms with Gasteiger partial charge in [0.2, 0.25) is 5.13 Å². The van der Waals surface area contributed by atoms with Crippen molar-refractivity contribution in [3.05, 3.63) is 77.2 Å². The van der Waals surface area contributed by atoms with E-state index in [1.54, 1.807) is 18.1 Å². The molecule has 0 aliphatic carbocycles. The Labute approximate surface area is 176 Å². The molecule has 4 aromatic rings. The number of benzene rings is 2. The Morgan fingerprint density at radius 2 is 1.97 bits per heavy atom. The van der Waals surface area contributed by atoms with E-state index in [9.17, 15) is 0 Å². The summed E-state index contributed by atoms with van der Waals surface area (Å²) in [5, 5.41) is 12.1. The van der Waals surface area contributed by atoms with Crippen LogP contribution in [0.5, 0.6) is 5.75 Å². The summed E-state index contributed by atoms with van der Waals surface area (Å²) in [4.78, 5) is 8.60. The fraction of sp³-hybridized carbons (Fsp3) is 0.100. The van der Waals surface area contributed by atoms with E-state index in [0.717, 1.165) is 28.3 Å². The fourth-order valence-electron chi connectivity index (χ4n) is 2.64. The number of anilines is 1. The molecule has 0 fully saturated rings. The zero-order valence-corrected chi connectivity index (χ0v) is 17.1. The highest BCUT2D eigenvalue weighted by molar-refractivity contribution is 7.14. The minimum atomic E-state index is 0.464. The molecule has 0 amide bonds. The maximum absolute atomic E-state index is 6.01. The Balaban J connectivity index is 1.55. The van der Waals surface area contributed by atoms with Crippen molar-refractivity contribution in [2.45, 2.75) is 6.54 Å². The van der Waals surface area contributed by atoms with E-state index in [1.165, 1.54) is 17.7 Å². The Morgan fingerprint density at radius 3 is 2.66 bits per heavy atom. The van der Waals surface area contributed by atoms with Gasteiger partial charge in [0.1, 0.15) is 18.4 Å². The molecule has 1 N–H and O–H groups in total. The largest absolute Gasteiger partial charge is 0.497 e. The SMILES string of the molecule is COc1ccc(-c2csc(N/N=C(/Cn3cncn3)c3ccc(Cl)cc3)n2)cc1. The monoisotopic (exact) mass is 424 g/mol. The van der Waals surface area contributed by atoms with Crippen molar-refractivity contribution in [2.24, 2.45) is 5.10 Å². The number of aromatic nitrogens is 4. The number of hydrazone groups is 1. The van der Waals surface area contributed by atoms with Crippen LogP contribution in [0.3, 0.4) is 0 Å². The lowest BCUT2D eigenvalue weighted by Gasteiger charge is -2.07. The number of hydrogen-bond acceptors (Lipinski definition) is 7. The third kappa shape index (κ3) is 4.79. The van der Waals surface area contributed by atoms with Crippen LogP contribution in [0.25, 0.3) is 11.3 Å². The number of rotatable bonds is 7. The lowest BCUT2D eigenvalue weighted by molar-refractivity contribution is 0.415. The van der Waals surface area contributed by atoms with Crippen LogP contribution in [-0.2, 0) is 6.54 Å². The summed E-state index contributed by atoms with van der Waals surface area (Å²) in [7, 11) is 1.65. The van der Waals surface area contributed by atoms with Crippen molar-refractivity contribution in [2.75, 3.05) is 12.5 Å². The predicted octanol–water partition coefficient (Wildman–Crippen LogP) is 4.58. The first-order valence-corrected chi connectivity index (χ1v) is 9.98. The van der Waals surface area contributed by atoms with Gasteiger partial charge in [-0.25, -0.2) is 14.6 Å². The molecular formula is C20H17ClN6OS. The molecule has 7 nitrogen and oxygen atoms in total. The van der Waals surface area contributed by atoms with Crippen LogP contribution in [0.2, 0.25) is 5.02 Å². The van der Waals surface area contributed by atoms with Crippen LogP contribution in [-0.4, -0.2) is 32.6 Å². The van der Waals surface area contributed by atoms with Gasteiger partial charge in [-0.15, -0.1) is 11.3 Å². The van der Waals surface area contributed by atoms with E-state index in [1.807, 2.05) is 53.9 Å². The molecule has 0 unspecified atom stereocenters. The van der Waals surface area contributed by atoms with Gasteiger partial charge in [0, 0.05) is 16.0 Å². The summed E-state index contributed by atoms with van der Waals surface area (Å²) >= 11 is 7.50. The highest BCUT2D eigenvalue weighted by Crippen LogP contribution is 2.26. The molecule has 2 aromatic heterocycles. The molecule has 29 heavy (non-hydrogen) atoms. The molecule has 0 radical (unpaired) electrons. The molecule has 0 bridgehead atoms. The molecule has 0 saturated heterocycles. The first-order valence-electron chi connectivity index (χ1n) is 8.72. The number of methoxy groups -OCH3 is 1. The number of nitrogens with one attached hydrogen (secondary N) is 1. The molecule has 4 rings (SSSR count). The summed E-state index contributed by atoms with van der Waals surface area (Å²) in [5.41, 5.74) is 6.67. The molecule has 0 atom stereocenters. The van der Waals surface area contributed by atoms with E-state index in [0.29, 0.717) is 16.7 Å². The molecule has 0 spiro atoms. The van der Waals surface area contributed by atoms with Crippen LogP contribution in [0.1, 0.15) is 5.56 Å². The van der Waals surface area contributed by atoms with Crippen molar-refractivity contribution in [1.82, 2.24) is 19.7 Å². The van der Waals surface area contributed by atoms with E-state index in [4.69, 9.17) is 16.3 Å². The van der Waals surface area contributed by atoms with Gasteiger partial charge in [0.15, 0.2) is 0 Å². The summed E-state index contributed by atoms with van der Waals surface area (Å²) < 4.78 is 6.91. The minimum Gasteiger partial charge on any atom is -0.497 e. The standard InChI is InChI=1S/C20H17ClN6OS/c1-28-17-8-4-15(5-9-17)19-11-29-20(24-19)26-25-18(10-27-13-22-12-23-27)14-2-6-16(21)7-3-14/h2-9,11-13H,10H2,1H3,(H,24,26)/b25-18-. The molecular weight excluding hydrogens is 408 g/mol. The Morgan fingerprint density at radius 1 is 1.17 bits per heavy atom. The van der Waals surface area contributed by atoms with E-state index in [-0.39, 0.29) is 0 Å². The van der Waals surface area contributed by atoms with E-state index in [2.05, 4.69) is 25.6 Å². The molecule has 146 valence electrons. The van der Waals surface area contributed by atoms with Crippen molar-refractivity contribution in [3.8, 4) is 17.0 Å². The van der Waals surface area contributed by atoms with Crippen LogP contribution < -0.4 is 10.2 Å². The first kappa shape index (κ1) is 19.1. The number of halogens is 1. The lowest BCUT2D eigenvalue weighted by atomic mass is 10.1. The second kappa shape index (κ2) is 8.85. The molecule has 2 aromatic carbocycles. The van der Waals surface area contributed by atoms with Gasteiger partial charge in [-0.3, -0.25) is 5.43 Å². The normalized spacial score (nSPS) is 11.4. The van der Waals surface area contributed by atoms with Crippen LogP contribution >= 0.6 is 22.9 Å². The van der Waals surface area contributed by atoms with E-state index >= 15 is 0 Å². The van der Waals surface area contributed by atoms with Crippen molar-refractivity contribution < 1.29 is 4.74 Å². The van der Waals surface area contributed by atoms with Gasteiger partial charge < -0.3 is 4.74 Å². The topological polar surface area (TPSA) is 77.2 Å². The minimum absolute atomic E-state index is 0.464. The summed E-state index contributed by atoms with van der Waals surface area (Å²) in [6, 6.07) is 15.3. The molecule has 0 aliphatic rings. The van der Waals surface area contributed by atoms with Gasteiger partial charge in [0.25, 0.3) is 0 Å². The number of nitrogens with zero attached hydrogens (tertiary/aromatic N) is 5. The smallest absolute Gasteiger partial charge is 0.203 e. The van der Waals surface area contributed by atoms with Crippen molar-refractivity contribution >= 4 is 33.8 Å². The third-order valence-electron chi connectivity index (χ3n) is 4.13. The lowest BCUT2D eigenvalue weighted by Crippen LogP contribution is -2.14. The maximum Gasteiger partial charge on any atom is 0.203 e. The molecule has 2 heterocycles. The molecule has 9 heteroatoms. The Bertz CT molecular complexity index is 1090. The molecule has 0 aliphatic heterocycles. The van der Waals surface area contributed by atoms with Gasteiger partial charge in [-0.1, -0.05) is 23.7 Å². The number of ether oxygens (including phenoxy) is 1. The number of hydrogen-bond donors (Lipinski definition) is 1. The average molecular weight is 425 g/mol. The van der Waals surface area contributed by atoms with Gasteiger partial charge >= 0.3 is 0 Å². The Kier molecular flexibility index (Phi) is 5.83. The summed E-state index contributed by atoms with van der Waals surface area (Å²) in [6.45, 7) is 0.464. The third-order valence-corrected chi connectivity index (χ3v) is 5.13. The number of thiazole rings is 1. The first-order chi connectivity index (χ1) is 14.2. The van der Waals surface area contributed by atoms with Gasteiger partial charge in [0.05, 0.1) is 25.1 Å². The zero-order chi connectivity index (χ0) is 20.1. The van der Waals surface area contributed by atoms with Crippen LogP contribution in [0.4, 0.5) is 5.13 Å².